The van der Waals surface area contributed by atoms with Gasteiger partial charge in [0.2, 0.25) is 0 Å². The minimum atomic E-state index is 1.30. The van der Waals surface area contributed by atoms with Crippen molar-refractivity contribution in [3.63, 3.8) is 0 Å². The Hall–Kier alpha value is 0.753. The fraction of sp³-hybridized carbons (Fsp3) is 0.500. The van der Waals surface area contributed by atoms with Crippen molar-refractivity contribution < 1.29 is 36.3 Å². The average Bonchev–Trinajstić information content (AvgIpc) is 1.88. The molecule has 0 aromatic heterocycles. The first-order valence-corrected chi connectivity index (χ1v) is 5.09. The van der Waals surface area contributed by atoms with E-state index in [0.717, 1.165) is 0 Å². The van der Waals surface area contributed by atoms with Crippen LogP contribution in [0.15, 0.2) is 5.57 Å². The minimum absolute atomic E-state index is 1.30. The third-order valence-corrected chi connectivity index (χ3v) is 2.00. The van der Waals surface area contributed by atoms with Gasteiger partial charge in [-0.1, -0.05) is 0 Å². The number of allylic oxidation sites excluding steroid dienone is 2. The molecule has 0 fully saturated rings. The van der Waals surface area contributed by atoms with Crippen LogP contribution in [-0.4, -0.2) is 8.63 Å². The number of hydrogen-bond acceptors (Lipinski definition) is 0. The van der Waals surface area contributed by atoms with Crippen LogP contribution in [0.1, 0.15) is 27.7 Å². The first kappa shape index (κ1) is 13.4. The van der Waals surface area contributed by atoms with Gasteiger partial charge in [-0.3, -0.25) is 0 Å². The molecule has 0 rings (SSSR count). The van der Waals surface area contributed by atoms with E-state index in [-0.39, 0.29) is 0 Å². The van der Waals surface area contributed by atoms with Gasteiger partial charge in [-0.25, -0.2) is 0 Å². The normalized spacial score (nSPS) is 9.30. The molecular weight excluding hydrogens is 331 g/mol. The Kier molecular flexibility index (Phi) is 13.0. The van der Waals surface area contributed by atoms with E-state index >= 15 is 0 Å². The molecule has 2 heteroatoms. The van der Waals surface area contributed by atoms with Crippen molar-refractivity contribution in [2.75, 3.05) is 0 Å². The molecule has 0 aliphatic rings. The van der Waals surface area contributed by atoms with E-state index in [1.54, 1.807) is 19.4 Å². The molecular formula is C8H12VW-2. The quantitative estimate of drug-likeness (QED) is 0.637. The van der Waals surface area contributed by atoms with Crippen molar-refractivity contribution in [1.82, 2.24) is 0 Å². The Bertz CT molecular complexity index is 136. The van der Waals surface area contributed by atoms with Crippen LogP contribution in [-0.2, 0) is 36.3 Å². The molecule has 0 aliphatic carbocycles. The summed E-state index contributed by atoms with van der Waals surface area (Å²) in [6, 6.07) is 0. The van der Waals surface area contributed by atoms with E-state index in [2.05, 4.69) is 41.6 Å². The van der Waals surface area contributed by atoms with E-state index in [1.165, 1.54) is 9.47 Å². The Morgan fingerprint density at radius 1 is 1.30 bits per heavy atom. The predicted octanol–water partition coefficient (Wildman–Crippen LogP) is 1.73. The first-order valence-electron chi connectivity index (χ1n) is 2.93. The maximum atomic E-state index is 3.06. The van der Waals surface area contributed by atoms with Crippen LogP contribution < -0.4 is 0 Å². The second-order valence-electron chi connectivity index (χ2n) is 1.65. The molecule has 0 amide bonds. The van der Waals surface area contributed by atoms with Crippen LogP contribution in [0.3, 0.4) is 0 Å². The van der Waals surface area contributed by atoms with Crippen molar-refractivity contribution in [3.8, 4) is 0 Å². The van der Waals surface area contributed by atoms with Gasteiger partial charge in [-0.2, -0.15) is 0 Å². The van der Waals surface area contributed by atoms with Gasteiger partial charge in [0.05, 0.1) is 0 Å². The van der Waals surface area contributed by atoms with E-state index in [9.17, 15) is 0 Å². The molecule has 0 spiro atoms. The van der Waals surface area contributed by atoms with Gasteiger partial charge in [-0.15, -0.1) is 0 Å². The molecule has 0 radical (unpaired) electrons. The Balaban J connectivity index is 0. The van der Waals surface area contributed by atoms with E-state index in [4.69, 9.17) is 0 Å². The Morgan fingerprint density at radius 3 is 1.60 bits per heavy atom. The molecule has 0 aliphatic heterocycles. The fourth-order valence-corrected chi connectivity index (χ4v) is 0.543. The van der Waals surface area contributed by atoms with Gasteiger partial charge in [0.1, 0.15) is 0 Å². The number of rotatable bonds is 1. The molecule has 0 nitrogen and oxygen atoms in total. The van der Waals surface area contributed by atoms with Crippen molar-refractivity contribution in [1.29, 1.82) is 0 Å². The summed E-state index contributed by atoms with van der Waals surface area (Å²) >= 11 is 3.76. The molecule has 0 bridgehead atoms. The van der Waals surface area contributed by atoms with Gasteiger partial charge in [-0.05, 0) is 0 Å². The zero-order valence-electron chi connectivity index (χ0n) is 6.86. The topological polar surface area (TPSA) is 0 Å². The van der Waals surface area contributed by atoms with E-state index in [0.29, 0.717) is 0 Å². The van der Waals surface area contributed by atoms with Gasteiger partial charge in [0, 0.05) is 0 Å². The molecule has 0 saturated heterocycles. The predicted molar refractivity (Wildman–Crippen MR) is 39.5 cm³/mol. The summed E-state index contributed by atoms with van der Waals surface area (Å²) in [5.41, 5.74) is 1.30. The van der Waals surface area contributed by atoms with Crippen molar-refractivity contribution in [3.05, 3.63) is 11.6 Å². The van der Waals surface area contributed by atoms with Gasteiger partial charge >= 0.3 is 84.3 Å². The maximum absolute atomic E-state index is 3.06. The van der Waals surface area contributed by atoms with Crippen LogP contribution in [0.5, 0.6) is 0 Å². The summed E-state index contributed by atoms with van der Waals surface area (Å²) in [6.07, 6.45) is 3.06. The molecule has 10 heavy (non-hydrogen) atoms. The summed E-state index contributed by atoms with van der Waals surface area (Å²) in [6.45, 7) is 8.01. The van der Waals surface area contributed by atoms with E-state index in [1.807, 2.05) is 13.8 Å². The van der Waals surface area contributed by atoms with Gasteiger partial charge in [0.15, 0.2) is 0 Å². The van der Waals surface area contributed by atoms with Gasteiger partial charge in [0.25, 0.3) is 0 Å². The molecule has 0 aromatic carbocycles. The second-order valence-corrected chi connectivity index (χ2v) is 4.55. The van der Waals surface area contributed by atoms with Crippen molar-refractivity contribution in [2.24, 2.45) is 0 Å². The molecule has 0 saturated carbocycles. The molecule has 0 unspecified atom stereocenters. The molecule has 0 atom stereocenters. The summed E-state index contributed by atoms with van der Waals surface area (Å²) < 4.78 is 4.12. The third-order valence-electron chi connectivity index (χ3n) is 0.903. The molecule has 0 heterocycles. The van der Waals surface area contributed by atoms with Gasteiger partial charge < -0.3 is 0 Å². The second kappa shape index (κ2) is 9.75. The molecule has 0 aromatic rings. The van der Waals surface area contributed by atoms with Crippen LogP contribution in [0.25, 0.3) is 0 Å². The zero-order chi connectivity index (χ0) is 8.57. The fourth-order valence-electron chi connectivity index (χ4n) is 0.176. The van der Waals surface area contributed by atoms with Crippen molar-refractivity contribution >= 4 is 8.63 Å². The monoisotopic (exact) mass is 343 g/mol. The van der Waals surface area contributed by atoms with Crippen LogP contribution >= 0.6 is 0 Å². The summed E-state index contributed by atoms with van der Waals surface area (Å²) in [5.74, 6) is 0. The van der Waals surface area contributed by atoms with E-state index < -0.39 is 0 Å². The number of hydrogen-bond donors (Lipinski definition) is 0. The summed E-state index contributed by atoms with van der Waals surface area (Å²) in [7, 11) is 0. The average molecular weight is 343 g/mol. The zero-order valence-corrected chi connectivity index (χ0v) is 11.2. The standard InChI is InChI=1S/C6H9.C2H3.V.W/c1-4-6(3)5-2;1-2;;/h1-3H3;1H3;;/q2*-1;;. The van der Waals surface area contributed by atoms with Crippen molar-refractivity contribution in [2.45, 2.75) is 27.7 Å². The SMILES string of the molecule is C[C-]=C(C)[C](C)=[W].C[C-]=[V]. The summed E-state index contributed by atoms with van der Waals surface area (Å²) in [4.78, 5) is 0. The Labute approximate surface area is 84.0 Å². The summed E-state index contributed by atoms with van der Waals surface area (Å²) in [5, 5.41) is 0. The van der Waals surface area contributed by atoms with Crippen LogP contribution in [0.2, 0.25) is 0 Å². The Morgan fingerprint density at radius 2 is 1.60 bits per heavy atom. The molecule has 0 N–H and O–H groups in total. The van der Waals surface area contributed by atoms with Crippen LogP contribution in [0.4, 0.5) is 0 Å². The first-order chi connectivity index (χ1) is 4.59. The van der Waals surface area contributed by atoms with Crippen LogP contribution in [0, 0.1) is 6.08 Å². The third kappa shape index (κ3) is 11.5. The molecule has 57 valence electrons.